The first kappa shape index (κ1) is 8.01. The maximum Gasteiger partial charge on any atom is 0.188 e. The Bertz CT molecular complexity index is 219. The fourth-order valence-corrected chi connectivity index (χ4v) is 1.64. The zero-order valence-electron chi connectivity index (χ0n) is 5.76. The number of aromatic nitrogens is 2. The molecule has 0 amide bonds. The third-order valence-corrected chi connectivity index (χ3v) is 1.94. The van der Waals surface area contributed by atoms with Crippen molar-refractivity contribution in [2.75, 3.05) is 6.26 Å². The summed E-state index contributed by atoms with van der Waals surface area (Å²) in [7, 11) is 0. The molecule has 0 aliphatic carbocycles. The minimum atomic E-state index is 0.812. The van der Waals surface area contributed by atoms with E-state index in [0.29, 0.717) is 0 Å². The molecule has 0 N–H and O–H groups in total. The van der Waals surface area contributed by atoms with Crippen LogP contribution >= 0.6 is 27.7 Å². The lowest BCUT2D eigenvalue weighted by molar-refractivity contribution is 0.918. The van der Waals surface area contributed by atoms with Gasteiger partial charge in [-0.15, -0.1) is 0 Å². The van der Waals surface area contributed by atoms with Gasteiger partial charge in [0, 0.05) is 5.69 Å². The van der Waals surface area contributed by atoms with Gasteiger partial charge in [-0.1, -0.05) is 11.8 Å². The molecule has 0 saturated carbocycles. The van der Waals surface area contributed by atoms with Gasteiger partial charge in [-0.2, -0.15) is 0 Å². The normalized spacial score (nSPS) is 9.90. The standard InChI is InChI=1S/C6H7BrN2S/c1-4-3-5(7)9-6(8-4)10-2/h3H,1-2H3. The van der Waals surface area contributed by atoms with Crippen molar-refractivity contribution in [3.05, 3.63) is 16.4 Å². The highest BCUT2D eigenvalue weighted by Crippen LogP contribution is 2.13. The van der Waals surface area contributed by atoms with Crippen LogP contribution in [0.1, 0.15) is 5.69 Å². The van der Waals surface area contributed by atoms with Gasteiger partial charge in [0.1, 0.15) is 4.60 Å². The Kier molecular flexibility index (Phi) is 2.68. The molecule has 0 spiro atoms. The SMILES string of the molecule is CSc1nc(C)cc(Br)n1. The van der Waals surface area contributed by atoms with Crippen molar-refractivity contribution in [2.24, 2.45) is 0 Å². The summed E-state index contributed by atoms with van der Waals surface area (Å²) in [6.45, 7) is 1.95. The lowest BCUT2D eigenvalue weighted by Crippen LogP contribution is -1.88. The smallest absolute Gasteiger partial charge is 0.188 e. The van der Waals surface area contributed by atoms with Gasteiger partial charge in [-0.05, 0) is 35.2 Å². The molecule has 0 unspecified atom stereocenters. The molecular formula is C6H7BrN2S. The fourth-order valence-electron chi connectivity index (χ4n) is 0.595. The van der Waals surface area contributed by atoms with Crippen molar-refractivity contribution in [2.45, 2.75) is 12.1 Å². The summed E-state index contributed by atoms with van der Waals surface area (Å²) in [6.07, 6.45) is 1.96. The van der Waals surface area contributed by atoms with E-state index in [0.717, 1.165) is 15.5 Å². The van der Waals surface area contributed by atoms with Gasteiger partial charge in [0.2, 0.25) is 0 Å². The minimum Gasteiger partial charge on any atom is -0.228 e. The highest BCUT2D eigenvalue weighted by Gasteiger charge is 1.96. The highest BCUT2D eigenvalue weighted by atomic mass is 79.9. The lowest BCUT2D eigenvalue weighted by Gasteiger charge is -1.96. The van der Waals surface area contributed by atoms with Crippen LogP contribution in [0.2, 0.25) is 0 Å². The van der Waals surface area contributed by atoms with Gasteiger partial charge in [0.25, 0.3) is 0 Å². The van der Waals surface area contributed by atoms with Crippen LogP contribution in [0.25, 0.3) is 0 Å². The average Bonchev–Trinajstić information content (AvgIpc) is 1.85. The second kappa shape index (κ2) is 3.34. The molecule has 10 heavy (non-hydrogen) atoms. The van der Waals surface area contributed by atoms with E-state index in [1.54, 1.807) is 11.8 Å². The van der Waals surface area contributed by atoms with Crippen molar-refractivity contribution in [3.8, 4) is 0 Å². The highest BCUT2D eigenvalue weighted by molar-refractivity contribution is 9.10. The van der Waals surface area contributed by atoms with E-state index in [4.69, 9.17) is 0 Å². The molecule has 0 saturated heterocycles. The minimum absolute atomic E-state index is 0.812. The van der Waals surface area contributed by atoms with Crippen LogP contribution in [0.4, 0.5) is 0 Å². The quantitative estimate of drug-likeness (QED) is 0.411. The van der Waals surface area contributed by atoms with Gasteiger partial charge < -0.3 is 0 Å². The van der Waals surface area contributed by atoms with Crippen LogP contribution in [-0.2, 0) is 0 Å². The molecule has 1 heterocycles. The Morgan fingerprint density at radius 1 is 1.50 bits per heavy atom. The number of halogens is 1. The van der Waals surface area contributed by atoms with Gasteiger partial charge in [-0.25, -0.2) is 9.97 Å². The predicted octanol–water partition coefficient (Wildman–Crippen LogP) is 2.27. The molecule has 0 aliphatic heterocycles. The number of hydrogen-bond donors (Lipinski definition) is 0. The molecule has 1 aromatic heterocycles. The summed E-state index contributed by atoms with van der Waals surface area (Å²) in [5.41, 5.74) is 0.992. The largest absolute Gasteiger partial charge is 0.228 e. The number of hydrogen-bond acceptors (Lipinski definition) is 3. The van der Waals surface area contributed by atoms with Crippen LogP contribution in [-0.4, -0.2) is 16.2 Å². The molecule has 0 fully saturated rings. The predicted molar refractivity (Wildman–Crippen MR) is 46.3 cm³/mol. The van der Waals surface area contributed by atoms with Crippen molar-refractivity contribution in [3.63, 3.8) is 0 Å². The summed E-state index contributed by atoms with van der Waals surface area (Å²) in [4.78, 5) is 8.30. The van der Waals surface area contributed by atoms with Gasteiger partial charge in [0.15, 0.2) is 5.16 Å². The van der Waals surface area contributed by atoms with Crippen LogP contribution in [0.3, 0.4) is 0 Å². The Morgan fingerprint density at radius 2 is 2.20 bits per heavy atom. The molecule has 0 aromatic carbocycles. The van der Waals surface area contributed by atoms with Crippen molar-refractivity contribution in [1.29, 1.82) is 0 Å². The van der Waals surface area contributed by atoms with E-state index in [9.17, 15) is 0 Å². The Balaban J connectivity index is 3.06. The third-order valence-electron chi connectivity index (χ3n) is 0.985. The van der Waals surface area contributed by atoms with Crippen LogP contribution in [0.15, 0.2) is 15.8 Å². The maximum absolute atomic E-state index is 4.17. The molecule has 0 bridgehead atoms. The number of thioether (sulfide) groups is 1. The zero-order valence-corrected chi connectivity index (χ0v) is 8.16. The fraction of sp³-hybridized carbons (Fsp3) is 0.333. The molecular weight excluding hydrogens is 212 g/mol. The maximum atomic E-state index is 4.17. The first-order chi connectivity index (χ1) is 4.72. The van der Waals surface area contributed by atoms with Crippen LogP contribution < -0.4 is 0 Å². The van der Waals surface area contributed by atoms with Gasteiger partial charge in [-0.3, -0.25) is 0 Å². The second-order valence-corrected chi connectivity index (χ2v) is 3.40. The van der Waals surface area contributed by atoms with Crippen molar-refractivity contribution >= 4 is 27.7 Å². The van der Waals surface area contributed by atoms with E-state index >= 15 is 0 Å². The third kappa shape index (κ3) is 1.95. The summed E-state index contributed by atoms with van der Waals surface area (Å²) in [5, 5.41) is 0.812. The lowest BCUT2D eigenvalue weighted by atomic mass is 10.5. The van der Waals surface area contributed by atoms with E-state index in [1.807, 2.05) is 19.2 Å². The average molecular weight is 219 g/mol. The molecule has 0 radical (unpaired) electrons. The monoisotopic (exact) mass is 218 g/mol. The van der Waals surface area contributed by atoms with E-state index < -0.39 is 0 Å². The van der Waals surface area contributed by atoms with Crippen molar-refractivity contribution in [1.82, 2.24) is 9.97 Å². The summed E-state index contributed by atoms with van der Waals surface area (Å²) < 4.78 is 0.851. The Labute approximate surface area is 72.6 Å². The molecule has 2 nitrogen and oxygen atoms in total. The molecule has 54 valence electrons. The summed E-state index contributed by atoms with van der Waals surface area (Å²) in [6, 6.07) is 1.89. The van der Waals surface area contributed by atoms with Gasteiger partial charge >= 0.3 is 0 Å². The van der Waals surface area contributed by atoms with E-state index in [2.05, 4.69) is 25.9 Å². The molecule has 1 rings (SSSR count). The van der Waals surface area contributed by atoms with E-state index in [1.165, 1.54) is 0 Å². The molecule has 0 aliphatic rings. The summed E-state index contributed by atoms with van der Waals surface area (Å²) >= 11 is 4.83. The second-order valence-electron chi connectivity index (χ2n) is 1.82. The first-order valence-electron chi connectivity index (χ1n) is 2.77. The Morgan fingerprint density at radius 3 is 2.70 bits per heavy atom. The van der Waals surface area contributed by atoms with Crippen LogP contribution in [0, 0.1) is 6.92 Å². The summed E-state index contributed by atoms with van der Waals surface area (Å²) in [5.74, 6) is 0. The molecule has 1 aromatic rings. The number of nitrogens with zero attached hydrogens (tertiary/aromatic N) is 2. The van der Waals surface area contributed by atoms with Gasteiger partial charge in [0.05, 0.1) is 0 Å². The van der Waals surface area contributed by atoms with Crippen molar-refractivity contribution < 1.29 is 0 Å². The number of rotatable bonds is 1. The topological polar surface area (TPSA) is 25.8 Å². The Hall–Kier alpha value is -0.0900. The van der Waals surface area contributed by atoms with E-state index in [-0.39, 0.29) is 0 Å². The first-order valence-corrected chi connectivity index (χ1v) is 4.79. The van der Waals surface area contributed by atoms with Crippen LogP contribution in [0.5, 0.6) is 0 Å². The number of aryl methyl sites for hydroxylation is 1. The zero-order chi connectivity index (χ0) is 7.56. The molecule has 4 heteroatoms. The molecule has 0 atom stereocenters.